The Morgan fingerprint density at radius 1 is 1.26 bits per heavy atom. The van der Waals surface area contributed by atoms with Gasteiger partial charge in [-0.1, -0.05) is 0 Å². The average molecular weight is 431 g/mol. The summed E-state index contributed by atoms with van der Waals surface area (Å²) in [6.07, 6.45) is 6.50. The molecule has 2 heterocycles. The van der Waals surface area contributed by atoms with Gasteiger partial charge in [-0.05, 0) is 57.4 Å². The number of thiophene rings is 1. The maximum Gasteiger partial charge on any atom is 0.254 e. The lowest BCUT2D eigenvalue weighted by Gasteiger charge is -2.16. The van der Waals surface area contributed by atoms with Gasteiger partial charge in [-0.3, -0.25) is 9.59 Å². The number of anilines is 1. The lowest BCUT2D eigenvalue weighted by molar-refractivity contribution is -0.120. The van der Waals surface area contributed by atoms with Crippen LogP contribution in [0, 0.1) is 5.41 Å². The maximum atomic E-state index is 13.0. The predicted molar refractivity (Wildman–Crippen MR) is 108 cm³/mol. The summed E-state index contributed by atoms with van der Waals surface area (Å²) in [4.78, 5) is 26.9. The van der Waals surface area contributed by atoms with Crippen LogP contribution in [-0.4, -0.2) is 35.4 Å². The highest BCUT2D eigenvalue weighted by Gasteiger charge is 2.68. The molecule has 0 bridgehead atoms. The second-order valence-electron chi connectivity index (χ2n) is 7.93. The molecule has 2 aliphatic carbocycles. The minimum Gasteiger partial charge on any atom is -0.376 e. The van der Waals surface area contributed by atoms with E-state index in [4.69, 9.17) is 27.9 Å². The summed E-state index contributed by atoms with van der Waals surface area (Å²) in [5, 5.41) is 6.57. The van der Waals surface area contributed by atoms with Crippen molar-refractivity contribution in [2.24, 2.45) is 5.41 Å². The molecule has 2 N–H and O–H groups in total. The zero-order chi connectivity index (χ0) is 19.2. The van der Waals surface area contributed by atoms with Gasteiger partial charge in [-0.25, -0.2) is 0 Å². The Morgan fingerprint density at radius 3 is 2.67 bits per heavy atom. The molecule has 0 spiro atoms. The normalized spacial score (nSPS) is 28.5. The summed E-state index contributed by atoms with van der Waals surface area (Å²) in [5.41, 5.74) is 0.877. The van der Waals surface area contributed by atoms with Crippen molar-refractivity contribution in [3.63, 3.8) is 0 Å². The Morgan fingerprint density at radius 2 is 2.00 bits per heavy atom. The number of amides is 2. The van der Waals surface area contributed by atoms with Crippen molar-refractivity contribution in [2.75, 3.05) is 18.5 Å². The van der Waals surface area contributed by atoms with Crippen LogP contribution in [-0.2, 0) is 22.4 Å². The molecule has 2 amide bonds. The summed E-state index contributed by atoms with van der Waals surface area (Å²) in [6.45, 7) is 3.01. The second-order valence-corrected chi connectivity index (χ2v) is 10.5. The molecule has 1 aromatic heterocycles. The number of nitrogens with one attached hydrogen (secondary N) is 2. The van der Waals surface area contributed by atoms with E-state index in [1.807, 2.05) is 0 Å². The number of rotatable bonds is 5. The van der Waals surface area contributed by atoms with E-state index in [0.717, 1.165) is 50.7 Å². The average Bonchev–Trinajstić information content (AvgIpc) is 3.05. The first-order chi connectivity index (χ1) is 12.8. The van der Waals surface area contributed by atoms with Gasteiger partial charge in [0, 0.05) is 18.0 Å². The molecule has 2 atom stereocenters. The van der Waals surface area contributed by atoms with Gasteiger partial charge in [0.15, 0.2) is 0 Å². The van der Waals surface area contributed by atoms with Gasteiger partial charge in [-0.2, -0.15) is 0 Å². The topological polar surface area (TPSA) is 67.4 Å². The number of ether oxygens (including phenoxy) is 1. The van der Waals surface area contributed by atoms with E-state index in [-0.39, 0.29) is 17.9 Å². The molecule has 0 aromatic carbocycles. The second kappa shape index (κ2) is 7.21. The van der Waals surface area contributed by atoms with Crippen LogP contribution in [0.15, 0.2) is 0 Å². The van der Waals surface area contributed by atoms with E-state index in [9.17, 15) is 9.59 Å². The van der Waals surface area contributed by atoms with Gasteiger partial charge in [0.1, 0.15) is 9.33 Å². The number of halogens is 2. The molecular formula is C19H24Cl2N2O3S. The monoisotopic (exact) mass is 430 g/mol. The van der Waals surface area contributed by atoms with Crippen molar-refractivity contribution in [1.82, 2.24) is 5.32 Å². The first-order valence-electron chi connectivity index (χ1n) is 9.55. The van der Waals surface area contributed by atoms with Crippen LogP contribution in [0.1, 0.15) is 59.8 Å². The van der Waals surface area contributed by atoms with Crippen molar-refractivity contribution in [1.29, 1.82) is 0 Å². The standard InChI is InChI=1S/C19H24Cl2N2O3S/c1-18(10-19(18,20)21)17(25)23-16-14(12-6-2-3-7-13(12)27-16)15(24)22-9-11-5-4-8-26-11/h11H,2-10H2,1H3,(H,22,24)(H,23,25). The highest BCUT2D eigenvalue weighted by atomic mass is 35.5. The molecule has 4 rings (SSSR count). The zero-order valence-corrected chi connectivity index (χ0v) is 17.7. The fraction of sp³-hybridized carbons (Fsp3) is 0.684. The molecule has 27 heavy (non-hydrogen) atoms. The first kappa shape index (κ1) is 19.5. The summed E-state index contributed by atoms with van der Waals surface area (Å²) in [7, 11) is 0. The Hall–Kier alpha value is -0.820. The quantitative estimate of drug-likeness (QED) is 0.691. The van der Waals surface area contributed by atoms with E-state index in [1.54, 1.807) is 6.92 Å². The molecule has 8 heteroatoms. The van der Waals surface area contributed by atoms with E-state index in [1.165, 1.54) is 16.2 Å². The predicted octanol–water partition coefficient (Wildman–Crippen LogP) is 4.06. The van der Waals surface area contributed by atoms with Crippen LogP contribution in [0.5, 0.6) is 0 Å². The molecule has 2 unspecified atom stereocenters. The SMILES string of the molecule is CC1(C(=O)Nc2sc3c(c2C(=O)NCC2CCCO2)CCCC3)CC1(Cl)Cl. The summed E-state index contributed by atoms with van der Waals surface area (Å²) in [6, 6.07) is 0. The highest BCUT2D eigenvalue weighted by molar-refractivity contribution is 7.17. The van der Waals surface area contributed by atoms with Crippen LogP contribution in [0.2, 0.25) is 0 Å². The van der Waals surface area contributed by atoms with E-state index < -0.39 is 9.75 Å². The zero-order valence-electron chi connectivity index (χ0n) is 15.3. The molecule has 1 aliphatic heterocycles. The fourth-order valence-electron chi connectivity index (χ4n) is 3.88. The smallest absolute Gasteiger partial charge is 0.254 e. The molecular weight excluding hydrogens is 407 g/mol. The van der Waals surface area contributed by atoms with Gasteiger partial charge in [0.05, 0.1) is 17.1 Å². The van der Waals surface area contributed by atoms with Gasteiger partial charge in [-0.15, -0.1) is 34.5 Å². The van der Waals surface area contributed by atoms with Crippen molar-refractivity contribution < 1.29 is 14.3 Å². The van der Waals surface area contributed by atoms with Crippen LogP contribution in [0.25, 0.3) is 0 Å². The number of aryl methyl sites for hydroxylation is 1. The number of carbonyl (C=O) groups excluding carboxylic acids is 2. The Labute approximate surface area is 173 Å². The van der Waals surface area contributed by atoms with E-state index in [0.29, 0.717) is 23.5 Å². The van der Waals surface area contributed by atoms with Crippen molar-refractivity contribution in [3.05, 3.63) is 16.0 Å². The summed E-state index contributed by atoms with van der Waals surface area (Å²) in [5.74, 6) is -0.358. The minimum absolute atomic E-state index is 0.0833. The molecule has 1 saturated heterocycles. The Kier molecular flexibility index (Phi) is 5.21. The fourth-order valence-corrected chi connectivity index (χ4v) is 5.87. The highest BCUT2D eigenvalue weighted by Crippen LogP contribution is 2.64. The molecule has 1 saturated carbocycles. The van der Waals surface area contributed by atoms with Crippen LogP contribution >= 0.6 is 34.5 Å². The molecule has 2 fully saturated rings. The summed E-state index contributed by atoms with van der Waals surface area (Å²) >= 11 is 13.8. The molecule has 5 nitrogen and oxygen atoms in total. The van der Waals surface area contributed by atoms with E-state index >= 15 is 0 Å². The Bertz CT molecular complexity index is 773. The molecule has 148 valence electrons. The molecule has 1 aromatic rings. The number of carbonyl (C=O) groups is 2. The molecule has 3 aliphatic rings. The summed E-state index contributed by atoms with van der Waals surface area (Å²) < 4.78 is 4.56. The number of hydrogen-bond donors (Lipinski definition) is 2. The van der Waals surface area contributed by atoms with Gasteiger partial charge < -0.3 is 15.4 Å². The van der Waals surface area contributed by atoms with Crippen molar-refractivity contribution >= 4 is 51.4 Å². The minimum atomic E-state index is -1.03. The third kappa shape index (κ3) is 3.61. The van der Waals surface area contributed by atoms with Crippen LogP contribution < -0.4 is 10.6 Å². The van der Waals surface area contributed by atoms with Crippen LogP contribution in [0.3, 0.4) is 0 Å². The third-order valence-electron chi connectivity index (χ3n) is 5.90. The van der Waals surface area contributed by atoms with Crippen molar-refractivity contribution in [3.8, 4) is 0 Å². The number of alkyl halides is 2. The molecule has 0 radical (unpaired) electrons. The van der Waals surface area contributed by atoms with Crippen LogP contribution in [0.4, 0.5) is 5.00 Å². The van der Waals surface area contributed by atoms with E-state index in [2.05, 4.69) is 10.6 Å². The number of fused-ring (bicyclic) bond motifs is 1. The van der Waals surface area contributed by atoms with Gasteiger partial charge >= 0.3 is 0 Å². The third-order valence-corrected chi connectivity index (χ3v) is 8.21. The van der Waals surface area contributed by atoms with Gasteiger partial charge in [0.2, 0.25) is 5.91 Å². The lowest BCUT2D eigenvalue weighted by Crippen LogP contribution is -2.33. The first-order valence-corrected chi connectivity index (χ1v) is 11.1. The van der Waals surface area contributed by atoms with Gasteiger partial charge in [0.25, 0.3) is 5.91 Å². The lowest BCUT2D eigenvalue weighted by atomic mass is 9.95. The largest absolute Gasteiger partial charge is 0.376 e. The Balaban J connectivity index is 1.54. The van der Waals surface area contributed by atoms with Crippen molar-refractivity contribution in [2.45, 2.75) is 62.3 Å². The maximum absolute atomic E-state index is 13.0. The number of hydrogen-bond acceptors (Lipinski definition) is 4.